The van der Waals surface area contributed by atoms with E-state index in [2.05, 4.69) is 4.72 Å². The molecule has 2 aliphatic carbocycles. The minimum Gasteiger partial charge on any atom is -0.391 e. The average Bonchev–Trinajstić information content (AvgIpc) is 2.96. The summed E-state index contributed by atoms with van der Waals surface area (Å²) in [6, 6.07) is 0. The molecule has 2 aliphatic rings. The van der Waals surface area contributed by atoms with Crippen LogP contribution in [0.4, 0.5) is 0 Å². The van der Waals surface area contributed by atoms with Crippen LogP contribution in [0.25, 0.3) is 0 Å². The van der Waals surface area contributed by atoms with Gasteiger partial charge in [0.25, 0.3) is 0 Å². The van der Waals surface area contributed by atoms with E-state index < -0.39 is 16.1 Å². The van der Waals surface area contributed by atoms with Gasteiger partial charge < -0.3 is 5.11 Å². The van der Waals surface area contributed by atoms with Crippen LogP contribution < -0.4 is 4.72 Å². The Morgan fingerprint density at radius 1 is 1.18 bits per heavy atom. The largest absolute Gasteiger partial charge is 0.391 e. The van der Waals surface area contributed by atoms with Crippen molar-refractivity contribution in [2.75, 3.05) is 12.3 Å². The van der Waals surface area contributed by atoms with Crippen molar-refractivity contribution >= 4 is 10.0 Å². The number of rotatable bonds is 7. The van der Waals surface area contributed by atoms with E-state index in [9.17, 15) is 13.5 Å². The lowest BCUT2D eigenvalue weighted by molar-refractivity contribution is 0.115. The standard InChI is InChI=1S/C12H23NO3S/c14-12(11-3-1-2-4-11)9-13-17(15,16)8-7-10-5-6-10/h10-14H,1-9H2. The summed E-state index contributed by atoms with van der Waals surface area (Å²) in [5, 5.41) is 9.88. The highest BCUT2D eigenvalue weighted by Gasteiger charge is 2.26. The van der Waals surface area contributed by atoms with Crippen LogP contribution in [0.1, 0.15) is 44.9 Å². The lowest BCUT2D eigenvalue weighted by Crippen LogP contribution is -2.36. The maximum Gasteiger partial charge on any atom is 0.211 e. The lowest BCUT2D eigenvalue weighted by atomic mass is 10.0. The first-order chi connectivity index (χ1) is 8.07. The minimum absolute atomic E-state index is 0.192. The summed E-state index contributed by atoms with van der Waals surface area (Å²) in [6.45, 7) is 0.192. The molecule has 2 N–H and O–H groups in total. The molecule has 5 heteroatoms. The first-order valence-corrected chi connectivity index (χ1v) is 8.37. The summed E-state index contributed by atoms with van der Waals surface area (Å²) in [5.74, 6) is 1.14. The van der Waals surface area contributed by atoms with Crippen LogP contribution in [0.15, 0.2) is 0 Å². The Hall–Kier alpha value is -0.130. The molecule has 2 rings (SSSR count). The van der Waals surface area contributed by atoms with Gasteiger partial charge in [0.15, 0.2) is 0 Å². The molecule has 1 unspecified atom stereocenters. The summed E-state index contributed by atoms with van der Waals surface area (Å²) in [6.07, 6.45) is 7.02. The quantitative estimate of drug-likeness (QED) is 0.725. The number of aliphatic hydroxyl groups is 1. The van der Waals surface area contributed by atoms with Crippen molar-refractivity contribution in [2.24, 2.45) is 11.8 Å². The smallest absolute Gasteiger partial charge is 0.211 e. The predicted molar refractivity (Wildman–Crippen MR) is 67.1 cm³/mol. The summed E-state index contributed by atoms with van der Waals surface area (Å²) in [4.78, 5) is 0. The second kappa shape index (κ2) is 5.67. The molecule has 0 radical (unpaired) electrons. The molecule has 0 aliphatic heterocycles. The molecular formula is C12H23NO3S. The van der Waals surface area contributed by atoms with Crippen molar-refractivity contribution in [3.05, 3.63) is 0 Å². The monoisotopic (exact) mass is 261 g/mol. The molecule has 0 bridgehead atoms. The molecule has 4 nitrogen and oxygen atoms in total. The van der Waals surface area contributed by atoms with Crippen molar-refractivity contribution in [3.8, 4) is 0 Å². The van der Waals surface area contributed by atoms with Gasteiger partial charge in [-0.25, -0.2) is 13.1 Å². The zero-order valence-electron chi connectivity index (χ0n) is 10.3. The number of aliphatic hydroxyl groups excluding tert-OH is 1. The van der Waals surface area contributed by atoms with Gasteiger partial charge in [-0.1, -0.05) is 25.7 Å². The number of hydrogen-bond acceptors (Lipinski definition) is 3. The van der Waals surface area contributed by atoms with Gasteiger partial charge in [-0.15, -0.1) is 0 Å². The fourth-order valence-corrected chi connectivity index (χ4v) is 3.73. The fraction of sp³-hybridized carbons (Fsp3) is 1.00. The van der Waals surface area contributed by atoms with Gasteiger partial charge in [0.2, 0.25) is 10.0 Å². The molecule has 0 spiro atoms. The molecule has 2 fully saturated rings. The van der Waals surface area contributed by atoms with Gasteiger partial charge in [0.05, 0.1) is 11.9 Å². The molecule has 17 heavy (non-hydrogen) atoms. The van der Waals surface area contributed by atoms with Gasteiger partial charge in [0.1, 0.15) is 0 Å². The van der Waals surface area contributed by atoms with Gasteiger partial charge in [0, 0.05) is 6.54 Å². The van der Waals surface area contributed by atoms with E-state index in [0.29, 0.717) is 11.8 Å². The van der Waals surface area contributed by atoms with E-state index in [1.807, 2.05) is 0 Å². The normalized spacial score (nSPS) is 24.1. The van der Waals surface area contributed by atoms with E-state index in [-0.39, 0.29) is 12.3 Å². The lowest BCUT2D eigenvalue weighted by Gasteiger charge is -2.18. The highest BCUT2D eigenvalue weighted by molar-refractivity contribution is 7.89. The second-order valence-electron chi connectivity index (χ2n) is 5.51. The molecule has 0 amide bonds. The Bertz CT molecular complexity index is 332. The number of nitrogens with one attached hydrogen (secondary N) is 1. The molecular weight excluding hydrogens is 238 g/mol. The average molecular weight is 261 g/mol. The van der Waals surface area contributed by atoms with Crippen LogP contribution in [0.2, 0.25) is 0 Å². The Morgan fingerprint density at radius 3 is 2.41 bits per heavy atom. The zero-order valence-corrected chi connectivity index (χ0v) is 11.1. The van der Waals surface area contributed by atoms with Crippen molar-refractivity contribution in [1.82, 2.24) is 4.72 Å². The van der Waals surface area contributed by atoms with Crippen LogP contribution in [0, 0.1) is 11.8 Å². The van der Waals surface area contributed by atoms with Crippen LogP contribution in [0.5, 0.6) is 0 Å². The minimum atomic E-state index is -3.17. The van der Waals surface area contributed by atoms with Crippen LogP contribution >= 0.6 is 0 Å². The maximum atomic E-state index is 11.7. The molecule has 0 aromatic heterocycles. The second-order valence-corrected chi connectivity index (χ2v) is 7.44. The van der Waals surface area contributed by atoms with Crippen LogP contribution in [-0.4, -0.2) is 31.9 Å². The highest BCUT2D eigenvalue weighted by Crippen LogP contribution is 2.32. The van der Waals surface area contributed by atoms with Crippen molar-refractivity contribution in [1.29, 1.82) is 0 Å². The third kappa shape index (κ3) is 4.56. The van der Waals surface area contributed by atoms with Gasteiger partial charge in [-0.2, -0.15) is 0 Å². The summed E-state index contributed by atoms with van der Waals surface area (Å²) in [5.41, 5.74) is 0. The molecule has 1 atom stereocenters. The molecule has 2 saturated carbocycles. The van der Waals surface area contributed by atoms with E-state index in [4.69, 9.17) is 0 Å². The topological polar surface area (TPSA) is 66.4 Å². The zero-order chi connectivity index (χ0) is 12.3. The predicted octanol–water partition coefficient (Wildman–Crippen LogP) is 1.26. The summed E-state index contributed by atoms with van der Waals surface area (Å²) < 4.78 is 25.9. The van der Waals surface area contributed by atoms with Gasteiger partial charge in [-0.3, -0.25) is 0 Å². The SMILES string of the molecule is O=S(=O)(CCC1CC1)NCC(O)C1CCCC1. The molecule has 100 valence electrons. The Kier molecular flexibility index (Phi) is 4.44. The third-order valence-corrected chi connectivity index (χ3v) is 5.33. The van der Waals surface area contributed by atoms with E-state index in [0.717, 1.165) is 32.1 Å². The Morgan fingerprint density at radius 2 is 1.82 bits per heavy atom. The first kappa shape index (κ1) is 13.3. The number of hydrogen-bond donors (Lipinski definition) is 2. The van der Waals surface area contributed by atoms with E-state index in [1.165, 1.54) is 12.8 Å². The third-order valence-electron chi connectivity index (χ3n) is 3.95. The first-order valence-electron chi connectivity index (χ1n) is 6.72. The van der Waals surface area contributed by atoms with Gasteiger partial charge >= 0.3 is 0 Å². The Labute approximate surface area is 104 Å². The summed E-state index contributed by atoms with van der Waals surface area (Å²) >= 11 is 0. The van der Waals surface area contributed by atoms with E-state index >= 15 is 0 Å². The van der Waals surface area contributed by atoms with Crippen LogP contribution in [0.3, 0.4) is 0 Å². The van der Waals surface area contributed by atoms with Crippen molar-refractivity contribution in [2.45, 2.75) is 51.0 Å². The molecule has 0 aromatic carbocycles. The summed E-state index contributed by atoms with van der Waals surface area (Å²) in [7, 11) is -3.17. The van der Waals surface area contributed by atoms with E-state index in [1.54, 1.807) is 0 Å². The fourth-order valence-electron chi connectivity index (χ4n) is 2.52. The van der Waals surface area contributed by atoms with Crippen molar-refractivity contribution < 1.29 is 13.5 Å². The number of sulfonamides is 1. The molecule has 0 heterocycles. The van der Waals surface area contributed by atoms with Gasteiger partial charge in [-0.05, 0) is 31.1 Å². The van der Waals surface area contributed by atoms with Crippen LogP contribution in [-0.2, 0) is 10.0 Å². The Balaban J connectivity index is 1.67. The molecule has 0 saturated heterocycles. The molecule has 0 aromatic rings. The van der Waals surface area contributed by atoms with Crippen molar-refractivity contribution in [3.63, 3.8) is 0 Å². The maximum absolute atomic E-state index is 11.7. The highest BCUT2D eigenvalue weighted by atomic mass is 32.2.